The predicted molar refractivity (Wildman–Crippen MR) is 74.0 cm³/mol. The number of rotatable bonds is 4. The van der Waals surface area contributed by atoms with E-state index in [0.29, 0.717) is 6.54 Å². The molecule has 0 bridgehead atoms. The highest BCUT2D eigenvalue weighted by Gasteiger charge is 2.14. The van der Waals surface area contributed by atoms with E-state index in [9.17, 15) is 8.42 Å². The lowest BCUT2D eigenvalue weighted by atomic mass is 10.1. The van der Waals surface area contributed by atoms with Crippen molar-refractivity contribution in [2.45, 2.75) is 19.2 Å². The van der Waals surface area contributed by atoms with E-state index in [4.69, 9.17) is 5.73 Å². The van der Waals surface area contributed by atoms with Crippen LogP contribution < -0.4 is 5.73 Å². The molecule has 0 amide bonds. The van der Waals surface area contributed by atoms with Crippen LogP contribution in [0, 0.1) is 0 Å². The Balaban J connectivity index is 2.57. The van der Waals surface area contributed by atoms with E-state index in [1.165, 1.54) is 0 Å². The van der Waals surface area contributed by atoms with Crippen molar-refractivity contribution in [2.24, 2.45) is 12.8 Å². The first-order valence-electron chi connectivity index (χ1n) is 5.95. The molecule has 4 nitrogen and oxygen atoms in total. The lowest BCUT2D eigenvalue weighted by molar-refractivity contribution is 0.595. The highest BCUT2D eigenvalue weighted by Crippen LogP contribution is 2.23. The van der Waals surface area contributed by atoms with Crippen molar-refractivity contribution in [1.29, 1.82) is 0 Å². The van der Waals surface area contributed by atoms with E-state index in [1.54, 1.807) is 6.92 Å². The second kappa shape index (κ2) is 4.74. The standard InChI is InChI=1S/C13H18N2O2S/c1-3-18(16,17)9-11-7-12-10(8-14)5-4-6-13(12)15(11)2/h4-7H,3,8-9,14H2,1-2H3. The van der Waals surface area contributed by atoms with Crippen molar-refractivity contribution in [3.63, 3.8) is 0 Å². The molecule has 0 unspecified atom stereocenters. The van der Waals surface area contributed by atoms with Crippen molar-refractivity contribution >= 4 is 20.7 Å². The molecule has 0 aliphatic rings. The minimum absolute atomic E-state index is 0.0820. The second-order valence-electron chi connectivity index (χ2n) is 4.43. The van der Waals surface area contributed by atoms with Crippen molar-refractivity contribution in [1.82, 2.24) is 4.57 Å². The van der Waals surface area contributed by atoms with Crippen LogP contribution in [0.15, 0.2) is 24.3 Å². The molecule has 0 saturated heterocycles. The maximum atomic E-state index is 11.7. The lowest BCUT2D eigenvalue weighted by Crippen LogP contribution is -2.09. The van der Waals surface area contributed by atoms with Crippen LogP contribution in [0.3, 0.4) is 0 Å². The fraction of sp³-hybridized carbons (Fsp3) is 0.385. The topological polar surface area (TPSA) is 65.1 Å². The van der Waals surface area contributed by atoms with Crippen LogP contribution in [-0.4, -0.2) is 18.7 Å². The van der Waals surface area contributed by atoms with Crippen LogP contribution >= 0.6 is 0 Å². The molecule has 2 aromatic rings. The van der Waals surface area contributed by atoms with E-state index in [2.05, 4.69) is 0 Å². The van der Waals surface area contributed by atoms with Gasteiger partial charge in [-0.15, -0.1) is 0 Å². The molecule has 5 heteroatoms. The Labute approximate surface area is 107 Å². The van der Waals surface area contributed by atoms with Crippen LogP contribution in [0.4, 0.5) is 0 Å². The summed E-state index contributed by atoms with van der Waals surface area (Å²) < 4.78 is 25.4. The molecular formula is C13H18N2O2S. The van der Waals surface area contributed by atoms with Gasteiger partial charge >= 0.3 is 0 Å². The first kappa shape index (κ1) is 13.1. The van der Waals surface area contributed by atoms with Crippen LogP contribution in [0.25, 0.3) is 10.9 Å². The number of nitrogens with zero attached hydrogens (tertiary/aromatic N) is 1. The summed E-state index contributed by atoms with van der Waals surface area (Å²) in [5.41, 5.74) is 8.59. The van der Waals surface area contributed by atoms with E-state index >= 15 is 0 Å². The van der Waals surface area contributed by atoms with Gasteiger partial charge in [0, 0.05) is 35.9 Å². The largest absolute Gasteiger partial charge is 0.347 e. The quantitative estimate of drug-likeness (QED) is 0.913. The Morgan fingerprint density at radius 1 is 1.33 bits per heavy atom. The molecule has 2 N–H and O–H groups in total. The molecular weight excluding hydrogens is 248 g/mol. The molecule has 1 heterocycles. The van der Waals surface area contributed by atoms with Gasteiger partial charge in [-0.3, -0.25) is 0 Å². The van der Waals surface area contributed by atoms with Crippen molar-refractivity contribution in [3.8, 4) is 0 Å². The summed E-state index contributed by atoms with van der Waals surface area (Å²) in [7, 11) is -1.12. The van der Waals surface area contributed by atoms with Crippen LogP contribution in [0.5, 0.6) is 0 Å². The summed E-state index contributed by atoms with van der Waals surface area (Å²) in [5, 5.41) is 1.05. The van der Waals surface area contributed by atoms with Crippen LogP contribution in [-0.2, 0) is 29.2 Å². The summed E-state index contributed by atoms with van der Waals surface area (Å²) in [6, 6.07) is 7.84. The molecule has 0 aliphatic heterocycles. The SMILES string of the molecule is CCS(=O)(=O)Cc1cc2c(CN)cccc2n1C. The molecule has 2 rings (SSSR count). The number of aromatic nitrogens is 1. The Morgan fingerprint density at radius 2 is 2.06 bits per heavy atom. The van der Waals surface area contributed by atoms with E-state index < -0.39 is 9.84 Å². The minimum Gasteiger partial charge on any atom is -0.347 e. The van der Waals surface area contributed by atoms with Gasteiger partial charge in [0.15, 0.2) is 9.84 Å². The molecule has 0 aliphatic carbocycles. The third-order valence-corrected chi connectivity index (χ3v) is 4.92. The summed E-state index contributed by atoms with van der Waals surface area (Å²) >= 11 is 0. The van der Waals surface area contributed by atoms with Crippen molar-refractivity contribution in [3.05, 3.63) is 35.5 Å². The van der Waals surface area contributed by atoms with Gasteiger partial charge in [-0.05, 0) is 17.7 Å². The molecule has 0 saturated carbocycles. The average molecular weight is 266 g/mol. The van der Waals surface area contributed by atoms with E-state index in [1.807, 2.05) is 35.9 Å². The normalized spacial score (nSPS) is 12.2. The fourth-order valence-electron chi connectivity index (χ4n) is 2.12. The Kier molecular flexibility index (Phi) is 3.45. The first-order chi connectivity index (χ1) is 8.48. The molecule has 1 aromatic heterocycles. The van der Waals surface area contributed by atoms with Gasteiger partial charge in [0.1, 0.15) is 0 Å². The summed E-state index contributed by atoms with van der Waals surface area (Å²) in [4.78, 5) is 0. The Bertz CT molecular complexity index is 672. The summed E-state index contributed by atoms with van der Waals surface area (Å²) in [5.74, 6) is 0.247. The van der Waals surface area contributed by atoms with Crippen molar-refractivity contribution < 1.29 is 8.42 Å². The number of nitrogens with two attached hydrogens (primary N) is 1. The van der Waals surface area contributed by atoms with E-state index in [-0.39, 0.29) is 11.5 Å². The zero-order valence-corrected chi connectivity index (χ0v) is 11.5. The summed E-state index contributed by atoms with van der Waals surface area (Å²) in [6.07, 6.45) is 0. The zero-order chi connectivity index (χ0) is 13.3. The highest BCUT2D eigenvalue weighted by atomic mass is 32.2. The molecule has 98 valence electrons. The molecule has 0 atom stereocenters. The van der Waals surface area contributed by atoms with E-state index in [0.717, 1.165) is 22.2 Å². The third-order valence-electron chi connectivity index (χ3n) is 3.30. The maximum absolute atomic E-state index is 11.7. The third kappa shape index (κ3) is 2.28. The number of aryl methyl sites for hydroxylation is 1. The predicted octanol–water partition coefficient (Wildman–Crippen LogP) is 1.57. The van der Waals surface area contributed by atoms with Gasteiger partial charge in [0.25, 0.3) is 0 Å². The number of sulfone groups is 1. The van der Waals surface area contributed by atoms with Crippen LogP contribution in [0.2, 0.25) is 0 Å². The van der Waals surface area contributed by atoms with Gasteiger partial charge < -0.3 is 10.3 Å². The second-order valence-corrected chi connectivity index (χ2v) is 6.78. The summed E-state index contributed by atoms with van der Waals surface area (Å²) in [6.45, 7) is 2.13. The fourth-order valence-corrected chi connectivity index (χ4v) is 3.05. The zero-order valence-electron chi connectivity index (χ0n) is 10.7. The average Bonchev–Trinajstić information content (AvgIpc) is 2.66. The smallest absolute Gasteiger partial charge is 0.155 e. The molecule has 0 radical (unpaired) electrons. The maximum Gasteiger partial charge on any atom is 0.155 e. The molecule has 18 heavy (non-hydrogen) atoms. The van der Waals surface area contributed by atoms with Crippen LogP contribution in [0.1, 0.15) is 18.2 Å². The van der Waals surface area contributed by atoms with Gasteiger partial charge in [0.05, 0.1) is 5.75 Å². The van der Waals surface area contributed by atoms with Gasteiger partial charge in [-0.2, -0.15) is 0 Å². The van der Waals surface area contributed by atoms with Gasteiger partial charge in [0.2, 0.25) is 0 Å². The number of hydrogen-bond acceptors (Lipinski definition) is 3. The number of hydrogen-bond donors (Lipinski definition) is 1. The Morgan fingerprint density at radius 3 is 2.67 bits per heavy atom. The first-order valence-corrected chi connectivity index (χ1v) is 7.77. The lowest BCUT2D eigenvalue weighted by Gasteiger charge is -2.04. The van der Waals surface area contributed by atoms with Crippen molar-refractivity contribution in [2.75, 3.05) is 5.75 Å². The Hall–Kier alpha value is -1.33. The molecule has 1 aromatic carbocycles. The minimum atomic E-state index is -3.01. The monoisotopic (exact) mass is 266 g/mol. The van der Waals surface area contributed by atoms with Gasteiger partial charge in [-0.1, -0.05) is 19.1 Å². The number of benzene rings is 1. The molecule has 0 fully saturated rings. The highest BCUT2D eigenvalue weighted by molar-refractivity contribution is 7.90. The molecule has 0 spiro atoms. The number of fused-ring (bicyclic) bond motifs is 1. The van der Waals surface area contributed by atoms with Gasteiger partial charge in [-0.25, -0.2) is 8.42 Å².